The monoisotopic (exact) mass is 354 g/mol. The van der Waals surface area contributed by atoms with Crippen molar-refractivity contribution in [3.63, 3.8) is 0 Å². The Labute approximate surface area is 151 Å². The highest BCUT2D eigenvalue weighted by atomic mass is 35.5. The second kappa shape index (κ2) is 8.34. The number of carbonyl (C=O) groups excluding carboxylic acids is 1. The summed E-state index contributed by atoms with van der Waals surface area (Å²) >= 11 is 0. The number of nitrogens with one attached hydrogen (secondary N) is 1. The van der Waals surface area contributed by atoms with Gasteiger partial charge in [0.05, 0.1) is 6.04 Å². The minimum Gasteiger partial charge on any atom is -0.331 e. The number of hydrogen-bond donors (Lipinski definition) is 1. The van der Waals surface area contributed by atoms with Crippen molar-refractivity contribution in [3.8, 4) is 0 Å². The summed E-state index contributed by atoms with van der Waals surface area (Å²) in [5, 5.41) is 8.03. The molecule has 3 atom stereocenters. The molecule has 0 bridgehead atoms. The van der Waals surface area contributed by atoms with Crippen LogP contribution in [0.2, 0.25) is 0 Å². The van der Waals surface area contributed by atoms with E-state index in [9.17, 15) is 4.79 Å². The number of carbonyl (C=O) groups is 1. The standard InChI is InChI=1S/C18H30N4O.ClH/c1-4-13(2)14(3)22(15-7-8-15)18(23)17-9-11-21(20-17)16-6-5-10-19-12-16;/h9,11,13-16,19H,4-8,10,12H2,1-3H3;1H. The fourth-order valence-electron chi connectivity index (χ4n) is 3.50. The lowest BCUT2D eigenvalue weighted by atomic mass is 9.98. The molecule has 3 unspecified atom stereocenters. The summed E-state index contributed by atoms with van der Waals surface area (Å²) in [4.78, 5) is 15.1. The minimum absolute atomic E-state index is 0. The molecule has 1 aliphatic heterocycles. The summed E-state index contributed by atoms with van der Waals surface area (Å²) < 4.78 is 1.98. The number of amides is 1. The molecule has 1 aromatic rings. The van der Waals surface area contributed by atoms with Gasteiger partial charge < -0.3 is 10.2 Å². The van der Waals surface area contributed by atoms with Crippen LogP contribution in [0.5, 0.6) is 0 Å². The summed E-state index contributed by atoms with van der Waals surface area (Å²) in [6, 6.07) is 2.98. The third-order valence-corrected chi connectivity index (χ3v) is 5.55. The molecule has 0 radical (unpaired) electrons. The molecule has 136 valence electrons. The third kappa shape index (κ3) is 4.12. The fraction of sp³-hybridized carbons (Fsp3) is 0.778. The Morgan fingerprint density at radius 3 is 2.75 bits per heavy atom. The first-order chi connectivity index (χ1) is 11.1. The SMILES string of the molecule is CCC(C)C(C)N(C(=O)c1ccn(C2CCCNC2)n1)C1CC1.Cl. The Hall–Kier alpha value is -1.07. The maximum Gasteiger partial charge on any atom is 0.274 e. The lowest BCUT2D eigenvalue weighted by molar-refractivity contribution is 0.0608. The van der Waals surface area contributed by atoms with Crippen molar-refractivity contribution < 1.29 is 4.79 Å². The van der Waals surface area contributed by atoms with Crippen LogP contribution in [-0.4, -0.2) is 45.8 Å². The zero-order chi connectivity index (χ0) is 16.4. The smallest absolute Gasteiger partial charge is 0.274 e. The molecule has 1 N–H and O–H groups in total. The summed E-state index contributed by atoms with van der Waals surface area (Å²) in [6.07, 6.45) is 7.66. The molecule has 2 aliphatic rings. The van der Waals surface area contributed by atoms with E-state index < -0.39 is 0 Å². The van der Waals surface area contributed by atoms with Crippen molar-refractivity contribution >= 4 is 18.3 Å². The highest BCUT2D eigenvalue weighted by molar-refractivity contribution is 5.92. The second-order valence-electron chi connectivity index (χ2n) is 7.25. The molecule has 1 aliphatic carbocycles. The van der Waals surface area contributed by atoms with E-state index >= 15 is 0 Å². The van der Waals surface area contributed by atoms with Gasteiger partial charge >= 0.3 is 0 Å². The fourth-order valence-corrected chi connectivity index (χ4v) is 3.50. The summed E-state index contributed by atoms with van der Waals surface area (Å²) in [5.41, 5.74) is 0.609. The zero-order valence-corrected chi connectivity index (χ0v) is 15.9. The van der Waals surface area contributed by atoms with Crippen molar-refractivity contribution in [3.05, 3.63) is 18.0 Å². The van der Waals surface area contributed by atoms with Crippen LogP contribution in [-0.2, 0) is 0 Å². The predicted molar refractivity (Wildman–Crippen MR) is 98.7 cm³/mol. The van der Waals surface area contributed by atoms with Crippen LogP contribution in [0.25, 0.3) is 0 Å². The molecule has 0 aromatic carbocycles. The molecule has 1 aromatic heterocycles. The predicted octanol–water partition coefficient (Wildman–Crippen LogP) is 3.27. The molecule has 3 rings (SSSR count). The van der Waals surface area contributed by atoms with Crippen LogP contribution in [0.4, 0.5) is 0 Å². The van der Waals surface area contributed by atoms with Crippen molar-refractivity contribution in [2.24, 2.45) is 5.92 Å². The van der Waals surface area contributed by atoms with Crippen molar-refractivity contribution in [2.45, 2.75) is 71.0 Å². The lowest BCUT2D eigenvalue weighted by Gasteiger charge is -2.32. The van der Waals surface area contributed by atoms with E-state index in [0.29, 0.717) is 23.7 Å². The number of hydrogen-bond acceptors (Lipinski definition) is 3. The van der Waals surface area contributed by atoms with Crippen LogP contribution >= 0.6 is 12.4 Å². The maximum absolute atomic E-state index is 13.0. The van der Waals surface area contributed by atoms with E-state index in [1.54, 1.807) is 0 Å². The minimum atomic E-state index is 0. The molecular weight excluding hydrogens is 324 g/mol. The molecule has 0 spiro atoms. The van der Waals surface area contributed by atoms with Crippen LogP contribution in [0.3, 0.4) is 0 Å². The van der Waals surface area contributed by atoms with Crippen LogP contribution in [0, 0.1) is 5.92 Å². The second-order valence-corrected chi connectivity index (χ2v) is 7.25. The Morgan fingerprint density at radius 1 is 1.42 bits per heavy atom. The van der Waals surface area contributed by atoms with Crippen LogP contribution in [0.1, 0.15) is 69.4 Å². The van der Waals surface area contributed by atoms with Gasteiger partial charge in [-0.1, -0.05) is 20.3 Å². The van der Waals surface area contributed by atoms with Crippen molar-refractivity contribution in [2.75, 3.05) is 13.1 Å². The summed E-state index contributed by atoms with van der Waals surface area (Å²) in [7, 11) is 0. The first-order valence-electron chi connectivity index (χ1n) is 9.20. The molecule has 1 saturated heterocycles. The Kier molecular flexibility index (Phi) is 6.70. The Bertz CT molecular complexity index is 537. The average Bonchev–Trinajstić information content (AvgIpc) is 3.29. The number of halogens is 1. The van der Waals surface area contributed by atoms with E-state index in [1.807, 2.05) is 16.9 Å². The molecule has 1 amide bonds. The van der Waals surface area contributed by atoms with Crippen LogP contribution in [0.15, 0.2) is 12.3 Å². The van der Waals surface area contributed by atoms with Gasteiger partial charge in [-0.05, 0) is 51.1 Å². The van der Waals surface area contributed by atoms with Crippen molar-refractivity contribution in [1.29, 1.82) is 0 Å². The Morgan fingerprint density at radius 2 is 2.17 bits per heavy atom. The number of aromatic nitrogens is 2. The van der Waals surface area contributed by atoms with Gasteiger partial charge in [-0.3, -0.25) is 9.48 Å². The first-order valence-corrected chi connectivity index (χ1v) is 9.20. The first kappa shape index (κ1) is 19.3. The van der Waals surface area contributed by atoms with Gasteiger partial charge in [0, 0.05) is 24.8 Å². The summed E-state index contributed by atoms with van der Waals surface area (Å²) in [5.74, 6) is 0.631. The molecule has 2 heterocycles. The highest BCUT2D eigenvalue weighted by Crippen LogP contribution is 2.32. The van der Waals surface area contributed by atoms with Crippen LogP contribution < -0.4 is 5.32 Å². The van der Waals surface area contributed by atoms with Gasteiger partial charge in [-0.15, -0.1) is 12.4 Å². The van der Waals surface area contributed by atoms with E-state index in [1.165, 1.54) is 6.42 Å². The highest BCUT2D eigenvalue weighted by Gasteiger charge is 2.38. The third-order valence-electron chi connectivity index (χ3n) is 5.55. The maximum atomic E-state index is 13.0. The van der Waals surface area contributed by atoms with Gasteiger partial charge in [0.15, 0.2) is 0 Å². The molecule has 24 heavy (non-hydrogen) atoms. The molecule has 1 saturated carbocycles. The molecule has 5 nitrogen and oxygen atoms in total. The number of piperidine rings is 1. The van der Waals surface area contributed by atoms with E-state index in [4.69, 9.17) is 0 Å². The van der Waals surface area contributed by atoms with E-state index in [-0.39, 0.29) is 24.4 Å². The zero-order valence-electron chi connectivity index (χ0n) is 15.1. The molecule has 6 heteroatoms. The van der Waals surface area contributed by atoms with Gasteiger partial charge in [-0.25, -0.2) is 0 Å². The van der Waals surface area contributed by atoms with E-state index in [0.717, 1.165) is 38.8 Å². The Balaban J connectivity index is 0.00000208. The largest absolute Gasteiger partial charge is 0.331 e. The van der Waals surface area contributed by atoms with Crippen molar-refractivity contribution in [1.82, 2.24) is 20.0 Å². The molecule has 2 fully saturated rings. The van der Waals surface area contributed by atoms with E-state index in [2.05, 4.69) is 36.1 Å². The topological polar surface area (TPSA) is 50.2 Å². The van der Waals surface area contributed by atoms with Gasteiger partial charge in [0.25, 0.3) is 5.91 Å². The lowest BCUT2D eigenvalue weighted by Crippen LogP contribution is -2.43. The van der Waals surface area contributed by atoms with Gasteiger partial charge in [0.2, 0.25) is 0 Å². The number of rotatable bonds is 6. The van der Waals surface area contributed by atoms with Gasteiger partial charge in [-0.2, -0.15) is 5.10 Å². The molecular formula is C18H31ClN4O. The number of nitrogens with zero attached hydrogens (tertiary/aromatic N) is 3. The summed E-state index contributed by atoms with van der Waals surface area (Å²) in [6.45, 7) is 8.66. The quantitative estimate of drug-likeness (QED) is 0.853. The average molecular weight is 355 g/mol. The normalized spacial score (nSPS) is 23.2. The van der Waals surface area contributed by atoms with Gasteiger partial charge in [0.1, 0.15) is 5.69 Å².